The van der Waals surface area contributed by atoms with E-state index >= 15 is 0 Å². The number of hydrogen-bond acceptors (Lipinski definition) is 4. The van der Waals surface area contributed by atoms with Crippen LogP contribution in [-0.4, -0.2) is 47.9 Å². The van der Waals surface area contributed by atoms with E-state index in [0.29, 0.717) is 24.5 Å². The highest BCUT2D eigenvalue weighted by Crippen LogP contribution is 2.31. The smallest absolute Gasteiger partial charge is 0.251 e. The quantitative estimate of drug-likeness (QED) is 0.785. The second-order valence-electron chi connectivity index (χ2n) is 5.92. The first-order valence-corrected chi connectivity index (χ1v) is 8.16. The minimum Gasteiger partial charge on any atom is -0.354 e. The van der Waals surface area contributed by atoms with Gasteiger partial charge in [0.15, 0.2) is 0 Å². The summed E-state index contributed by atoms with van der Waals surface area (Å²) in [6, 6.07) is 3.77. The van der Waals surface area contributed by atoms with Crippen molar-refractivity contribution in [1.82, 2.24) is 9.88 Å². The molecule has 122 valence electrons. The molecule has 5 nitrogen and oxygen atoms in total. The number of aromatic nitrogens is 1. The highest BCUT2D eigenvalue weighted by Gasteiger charge is 2.41. The summed E-state index contributed by atoms with van der Waals surface area (Å²) in [6.07, 6.45) is 1.09. The number of anilines is 1. The first-order chi connectivity index (χ1) is 10.9. The van der Waals surface area contributed by atoms with Crippen LogP contribution in [0.2, 0.25) is 0 Å². The Morgan fingerprint density at radius 2 is 2.04 bits per heavy atom. The van der Waals surface area contributed by atoms with Crippen molar-refractivity contribution < 1.29 is 13.6 Å². The molecule has 2 aliphatic heterocycles. The molecule has 1 aromatic heterocycles. The zero-order valence-corrected chi connectivity index (χ0v) is 13.9. The van der Waals surface area contributed by atoms with Gasteiger partial charge in [-0.15, -0.1) is 0 Å². The van der Waals surface area contributed by atoms with Gasteiger partial charge in [-0.2, -0.15) is 5.26 Å². The van der Waals surface area contributed by atoms with Crippen molar-refractivity contribution in [3.8, 4) is 6.07 Å². The summed E-state index contributed by atoms with van der Waals surface area (Å²) in [5.74, 6) is -2.37. The summed E-state index contributed by atoms with van der Waals surface area (Å²) < 4.78 is 27.0. The number of piperidine rings is 1. The van der Waals surface area contributed by atoms with Gasteiger partial charge < -0.3 is 9.80 Å². The van der Waals surface area contributed by atoms with E-state index in [9.17, 15) is 13.6 Å². The largest absolute Gasteiger partial charge is 0.354 e. The van der Waals surface area contributed by atoms with Crippen LogP contribution >= 0.6 is 15.9 Å². The van der Waals surface area contributed by atoms with Crippen molar-refractivity contribution in [3.63, 3.8) is 0 Å². The molecule has 0 N–H and O–H groups in total. The lowest BCUT2D eigenvalue weighted by molar-refractivity contribution is -0.142. The molecule has 1 aromatic rings. The number of halogens is 3. The molecule has 0 bridgehead atoms. The fourth-order valence-electron chi connectivity index (χ4n) is 2.89. The summed E-state index contributed by atoms with van der Waals surface area (Å²) in [4.78, 5) is 20.0. The highest BCUT2D eigenvalue weighted by molar-refractivity contribution is 9.10. The van der Waals surface area contributed by atoms with Crippen LogP contribution in [0.1, 0.15) is 18.4 Å². The van der Waals surface area contributed by atoms with Crippen LogP contribution in [0.15, 0.2) is 16.7 Å². The summed E-state index contributed by atoms with van der Waals surface area (Å²) >= 11 is 3.27. The maximum atomic E-state index is 13.1. The minimum atomic E-state index is -2.65. The molecule has 3 rings (SSSR count). The fraction of sp³-hybridized carbons (Fsp3) is 0.533. The van der Waals surface area contributed by atoms with E-state index in [1.807, 2.05) is 4.90 Å². The van der Waals surface area contributed by atoms with Crippen molar-refractivity contribution in [2.45, 2.75) is 18.8 Å². The SMILES string of the molecule is N#Cc1cc(Br)cnc1N1CC(C(=O)N2CCC(F)(F)CC2)C1. The van der Waals surface area contributed by atoms with Gasteiger partial charge in [-0.1, -0.05) is 0 Å². The van der Waals surface area contributed by atoms with Crippen LogP contribution < -0.4 is 4.90 Å². The van der Waals surface area contributed by atoms with Gasteiger partial charge in [0.2, 0.25) is 5.91 Å². The van der Waals surface area contributed by atoms with Crippen LogP contribution in [0.25, 0.3) is 0 Å². The van der Waals surface area contributed by atoms with Gasteiger partial charge in [-0.05, 0) is 22.0 Å². The first-order valence-electron chi connectivity index (χ1n) is 7.37. The van der Waals surface area contributed by atoms with E-state index in [0.717, 1.165) is 4.47 Å². The summed E-state index contributed by atoms with van der Waals surface area (Å²) in [5.41, 5.74) is 0.447. The topological polar surface area (TPSA) is 60.2 Å². The minimum absolute atomic E-state index is 0.0765. The number of likely N-dealkylation sites (tertiary alicyclic amines) is 1. The highest BCUT2D eigenvalue weighted by atomic mass is 79.9. The second-order valence-corrected chi connectivity index (χ2v) is 6.84. The predicted molar refractivity (Wildman–Crippen MR) is 83.1 cm³/mol. The molecular weight excluding hydrogens is 370 g/mol. The van der Waals surface area contributed by atoms with E-state index in [2.05, 4.69) is 27.0 Å². The molecule has 0 radical (unpaired) electrons. The van der Waals surface area contributed by atoms with E-state index in [1.54, 1.807) is 12.3 Å². The van der Waals surface area contributed by atoms with Gasteiger partial charge in [-0.3, -0.25) is 4.79 Å². The lowest BCUT2D eigenvalue weighted by atomic mass is 9.96. The third-order valence-corrected chi connectivity index (χ3v) is 4.72. The van der Waals surface area contributed by atoms with Crippen LogP contribution in [0.4, 0.5) is 14.6 Å². The molecule has 2 fully saturated rings. The number of carbonyl (C=O) groups excluding carboxylic acids is 1. The number of alkyl halides is 2. The number of rotatable bonds is 2. The third kappa shape index (κ3) is 3.29. The number of nitrogens with zero attached hydrogens (tertiary/aromatic N) is 4. The van der Waals surface area contributed by atoms with Crippen LogP contribution in [0.3, 0.4) is 0 Å². The zero-order valence-electron chi connectivity index (χ0n) is 12.3. The Balaban J connectivity index is 1.59. The molecule has 2 aliphatic rings. The number of carbonyl (C=O) groups is 1. The monoisotopic (exact) mass is 384 g/mol. The number of amides is 1. The molecule has 0 unspecified atom stereocenters. The second kappa shape index (κ2) is 6.04. The van der Waals surface area contributed by atoms with Crippen LogP contribution in [0, 0.1) is 17.2 Å². The molecule has 0 aromatic carbocycles. The average molecular weight is 385 g/mol. The first kappa shape index (κ1) is 16.1. The third-order valence-electron chi connectivity index (χ3n) is 4.29. The Hall–Kier alpha value is -1.75. The number of nitriles is 1. The van der Waals surface area contributed by atoms with Gasteiger partial charge in [0.05, 0.1) is 11.5 Å². The number of pyridine rings is 1. The van der Waals surface area contributed by atoms with Gasteiger partial charge in [0, 0.05) is 49.7 Å². The lowest BCUT2D eigenvalue weighted by Gasteiger charge is -2.43. The van der Waals surface area contributed by atoms with Gasteiger partial charge in [0.25, 0.3) is 5.92 Å². The van der Waals surface area contributed by atoms with Crippen molar-refractivity contribution in [3.05, 3.63) is 22.3 Å². The Bertz CT molecular complexity index is 660. The normalized spacial score (nSPS) is 20.8. The van der Waals surface area contributed by atoms with E-state index in [1.165, 1.54) is 4.90 Å². The maximum absolute atomic E-state index is 13.1. The standard InChI is InChI=1S/C15H15BrF2N4O/c16-12-5-10(6-19)13(20-7-12)22-8-11(9-22)14(23)21-3-1-15(17,18)2-4-21/h5,7,11H,1-4,8-9H2. The molecule has 0 atom stereocenters. The molecule has 23 heavy (non-hydrogen) atoms. The van der Waals surface area contributed by atoms with Gasteiger partial charge in [0.1, 0.15) is 11.9 Å². The molecule has 1 amide bonds. The summed E-state index contributed by atoms with van der Waals surface area (Å²) in [7, 11) is 0. The Morgan fingerprint density at radius 3 is 2.65 bits per heavy atom. The molecule has 0 spiro atoms. The molecule has 8 heteroatoms. The molecule has 2 saturated heterocycles. The lowest BCUT2D eigenvalue weighted by Crippen LogP contribution is -2.56. The van der Waals surface area contributed by atoms with Gasteiger partial charge >= 0.3 is 0 Å². The summed E-state index contributed by atoms with van der Waals surface area (Å²) in [5, 5.41) is 9.16. The number of hydrogen-bond donors (Lipinski definition) is 0. The van der Waals surface area contributed by atoms with Crippen molar-refractivity contribution >= 4 is 27.7 Å². The van der Waals surface area contributed by atoms with E-state index in [4.69, 9.17) is 5.26 Å². The van der Waals surface area contributed by atoms with Crippen molar-refractivity contribution in [2.24, 2.45) is 5.92 Å². The predicted octanol–water partition coefficient (Wildman–Crippen LogP) is 2.41. The fourth-order valence-corrected chi connectivity index (χ4v) is 3.22. The summed E-state index contributed by atoms with van der Waals surface area (Å²) in [6.45, 7) is 1.16. The van der Waals surface area contributed by atoms with E-state index in [-0.39, 0.29) is 37.8 Å². The van der Waals surface area contributed by atoms with E-state index < -0.39 is 5.92 Å². The van der Waals surface area contributed by atoms with Gasteiger partial charge in [-0.25, -0.2) is 13.8 Å². The van der Waals surface area contributed by atoms with Crippen molar-refractivity contribution in [1.29, 1.82) is 5.26 Å². The van der Waals surface area contributed by atoms with Crippen molar-refractivity contribution in [2.75, 3.05) is 31.1 Å². The Morgan fingerprint density at radius 1 is 1.39 bits per heavy atom. The molecule has 3 heterocycles. The Labute approximate surface area is 141 Å². The molecule has 0 saturated carbocycles. The van der Waals surface area contributed by atoms with Crippen LogP contribution in [-0.2, 0) is 4.79 Å². The molecule has 0 aliphatic carbocycles. The average Bonchev–Trinajstić information content (AvgIpc) is 2.46. The molecular formula is C15H15BrF2N4O. The van der Waals surface area contributed by atoms with Crippen LogP contribution in [0.5, 0.6) is 0 Å². The Kier molecular flexibility index (Phi) is 4.23. The maximum Gasteiger partial charge on any atom is 0.251 e. The zero-order chi connectivity index (χ0) is 16.6.